The van der Waals surface area contributed by atoms with Crippen molar-refractivity contribution in [1.82, 2.24) is 0 Å². The van der Waals surface area contributed by atoms with Gasteiger partial charge in [-0.05, 0) is 25.3 Å². The fourth-order valence-corrected chi connectivity index (χ4v) is 10.3. The van der Waals surface area contributed by atoms with Crippen LogP contribution >= 0.6 is 0 Å². The predicted octanol–water partition coefficient (Wildman–Crippen LogP) is -5.60. The van der Waals surface area contributed by atoms with E-state index in [1.807, 2.05) is 0 Å². The van der Waals surface area contributed by atoms with Crippen molar-refractivity contribution in [2.75, 3.05) is 26.4 Å². The van der Waals surface area contributed by atoms with Crippen LogP contribution in [0.5, 0.6) is 0 Å². The molecule has 3 aliphatic carbocycles. The molecule has 18 nitrogen and oxygen atoms in total. The molecule has 0 radical (unpaired) electrons. The monoisotopic (exact) mass is 704 g/mol. The molecule has 4 aliphatic heterocycles. The highest BCUT2D eigenvalue weighted by Crippen LogP contribution is 2.73. The lowest BCUT2D eigenvalue weighted by Gasteiger charge is -2.68. The first-order valence-corrected chi connectivity index (χ1v) is 16.4. The molecular formula is C31H44O18. The van der Waals surface area contributed by atoms with Gasteiger partial charge in [0.25, 0.3) is 0 Å². The van der Waals surface area contributed by atoms with Gasteiger partial charge in [-0.25, -0.2) is 4.79 Å². The highest BCUT2D eigenvalue weighted by Gasteiger charge is 2.84. The number of allylic oxidation sites excluding steroid dienone is 1. The maximum atomic E-state index is 13.8. The van der Waals surface area contributed by atoms with Gasteiger partial charge in [-0.1, -0.05) is 12.5 Å². The van der Waals surface area contributed by atoms with Crippen molar-refractivity contribution < 1.29 is 89.1 Å². The number of aliphatic hydroxyl groups is 10. The standard InChI is InChI=1S/C31H44O18/c1-9-3-12(34)24(41)29(2)11(9)4-15-30-8-45-31(43,28(29)30)23(40)10(5-32)16(30)22(25(42)48-15)49-27-21(39)19(37)18(36)14(47-27)7-44-26-20(38)17(35)13(6-33)46-26/h3,10-11,13-24,26-28,32-33,35-41,43H,4-8H2,1-2H3. The molecule has 2 bridgehead atoms. The highest BCUT2D eigenvalue weighted by molar-refractivity contribution is 5.96. The Kier molecular flexibility index (Phi) is 8.86. The van der Waals surface area contributed by atoms with Gasteiger partial charge >= 0.3 is 5.97 Å². The van der Waals surface area contributed by atoms with Crippen LogP contribution in [0.4, 0.5) is 0 Å². The molecule has 20 unspecified atom stereocenters. The summed E-state index contributed by atoms with van der Waals surface area (Å²) in [6.45, 7) is 0.977. The van der Waals surface area contributed by atoms with E-state index in [1.165, 1.54) is 6.08 Å². The Labute approximate surface area is 279 Å². The van der Waals surface area contributed by atoms with E-state index in [0.29, 0.717) is 5.57 Å². The first-order valence-electron chi connectivity index (χ1n) is 16.4. The maximum Gasteiger partial charge on any atom is 0.336 e. The summed E-state index contributed by atoms with van der Waals surface area (Å²) in [6.07, 6.45) is -19.5. The van der Waals surface area contributed by atoms with Crippen LogP contribution in [0.2, 0.25) is 0 Å². The summed E-state index contributed by atoms with van der Waals surface area (Å²) in [6, 6.07) is 0. The lowest BCUT2D eigenvalue weighted by atomic mass is 9.38. The second kappa shape index (κ2) is 12.2. The summed E-state index contributed by atoms with van der Waals surface area (Å²) < 4.78 is 34.5. The molecule has 49 heavy (non-hydrogen) atoms. The summed E-state index contributed by atoms with van der Waals surface area (Å²) in [5.74, 6) is -8.30. The van der Waals surface area contributed by atoms with E-state index in [-0.39, 0.29) is 13.0 Å². The third-order valence-corrected chi connectivity index (χ3v) is 12.5. The van der Waals surface area contributed by atoms with Crippen LogP contribution in [0.15, 0.2) is 11.6 Å². The summed E-state index contributed by atoms with van der Waals surface area (Å²) in [5, 5.41) is 108. The SMILES string of the molecule is CC1=CC(=O)C(O)C2(C)C1CC1OC(=O)C(OC3OC(COC4OC(CO)C(O)C4O)C(O)C(O)C3O)C3C(CO)C(O)C4(O)OCC13C42. The van der Waals surface area contributed by atoms with Crippen LogP contribution in [-0.4, -0.2) is 175 Å². The number of carbonyl (C=O) groups excluding carboxylic acids is 2. The number of ether oxygens (including phenoxy) is 6. The minimum absolute atomic E-state index is 0.107. The van der Waals surface area contributed by atoms with Gasteiger partial charge in [0.2, 0.25) is 0 Å². The molecule has 7 aliphatic rings. The third kappa shape index (κ3) is 4.75. The number of aliphatic hydroxyl groups excluding tert-OH is 9. The van der Waals surface area contributed by atoms with Crippen molar-refractivity contribution in [2.24, 2.45) is 34.5 Å². The second-order valence-electron chi connectivity index (χ2n) is 14.8. The number of ketones is 1. The van der Waals surface area contributed by atoms with Gasteiger partial charge in [0.1, 0.15) is 61.0 Å². The van der Waals surface area contributed by atoms with Crippen LogP contribution in [0.1, 0.15) is 20.3 Å². The second-order valence-corrected chi connectivity index (χ2v) is 14.8. The van der Waals surface area contributed by atoms with Gasteiger partial charge in [0.05, 0.1) is 19.8 Å². The van der Waals surface area contributed by atoms with E-state index in [9.17, 15) is 60.7 Å². The van der Waals surface area contributed by atoms with Crippen molar-refractivity contribution in [3.63, 3.8) is 0 Å². The summed E-state index contributed by atoms with van der Waals surface area (Å²) in [4.78, 5) is 26.9. The predicted molar refractivity (Wildman–Crippen MR) is 153 cm³/mol. The quantitative estimate of drug-likeness (QED) is 0.111. The lowest BCUT2D eigenvalue weighted by Crippen LogP contribution is -2.78. The molecule has 0 aromatic carbocycles. The topological polar surface area (TPSA) is 292 Å². The molecular weight excluding hydrogens is 660 g/mol. The fourth-order valence-electron chi connectivity index (χ4n) is 10.3. The Morgan fingerprint density at radius 1 is 0.898 bits per heavy atom. The zero-order valence-corrected chi connectivity index (χ0v) is 26.7. The van der Waals surface area contributed by atoms with Crippen LogP contribution in [-0.2, 0) is 38.0 Å². The minimum atomic E-state index is -2.39. The number of hydrogen-bond donors (Lipinski definition) is 10. The van der Waals surface area contributed by atoms with E-state index < -0.39 is 152 Å². The molecule has 7 rings (SSSR count). The number of carbonyl (C=O) groups is 2. The third-order valence-electron chi connectivity index (χ3n) is 12.5. The Hall–Kier alpha value is -1.72. The van der Waals surface area contributed by atoms with Gasteiger partial charge in [-0.3, -0.25) is 4.79 Å². The number of hydrogen-bond acceptors (Lipinski definition) is 18. The molecule has 18 heteroatoms. The van der Waals surface area contributed by atoms with Crippen molar-refractivity contribution in [1.29, 1.82) is 0 Å². The molecule has 6 fully saturated rings. The highest BCUT2D eigenvalue weighted by atomic mass is 16.7. The van der Waals surface area contributed by atoms with E-state index in [0.717, 1.165) is 0 Å². The van der Waals surface area contributed by atoms with E-state index in [1.54, 1.807) is 13.8 Å². The molecule has 0 aromatic heterocycles. The van der Waals surface area contributed by atoms with E-state index in [2.05, 4.69) is 0 Å². The van der Waals surface area contributed by atoms with Crippen LogP contribution < -0.4 is 0 Å². The Balaban J connectivity index is 1.21. The largest absolute Gasteiger partial charge is 0.460 e. The molecule has 1 spiro atoms. The van der Waals surface area contributed by atoms with Gasteiger partial charge in [0, 0.05) is 35.2 Å². The van der Waals surface area contributed by atoms with Crippen LogP contribution in [0.3, 0.4) is 0 Å². The van der Waals surface area contributed by atoms with Crippen molar-refractivity contribution in [2.45, 2.75) is 106 Å². The maximum absolute atomic E-state index is 13.8. The van der Waals surface area contributed by atoms with Gasteiger partial charge in [0.15, 0.2) is 30.3 Å². The molecule has 0 aromatic rings. The Morgan fingerprint density at radius 2 is 1.55 bits per heavy atom. The van der Waals surface area contributed by atoms with Crippen molar-refractivity contribution in [3.05, 3.63) is 11.6 Å². The molecule has 4 saturated heterocycles. The molecule has 2 saturated carbocycles. The molecule has 20 atom stereocenters. The van der Waals surface area contributed by atoms with Crippen molar-refractivity contribution in [3.8, 4) is 0 Å². The average molecular weight is 705 g/mol. The molecule has 4 heterocycles. The smallest absolute Gasteiger partial charge is 0.336 e. The van der Waals surface area contributed by atoms with Crippen LogP contribution in [0, 0.1) is 34.5 Å². The molecule has 276 valence electrons. The average Bonchev–Trinajstić information content (AvgIpc) is 3.51. The fraction of sp³-hybridized carbons (Fsp3) is 0.871. The number of rotatable bonds is 7. The first kappa shape index (κ1) is 35.7. The summed E-state index contributed by atoms with van der Waals surface area (Å²) in [5.41, 5.74) is -2.30. The van der Waals surface area contributed by atoms with E-state index in [4.69, 9.17) is 28.4 Å². The minimum Gasteiger partial charge on any atom is -0.460 e. The molecule has 10 N–H and O–H groups in total. The van der Waals surface area contributed by atoms with Crippen molar-refractivity contribution >= 4 is 11.8 Å². The Bertz CT molecular complexity index is 1360. The van der Waals surface area contributed by atoms with Crippen LogP contribution in [0.25, 0.3) is 0 Å². The summed E-state index contributed by atoms with van der Waals surface area (Å²) in [7, 11) is 0. The normalized spacial score (nSPS) is 56.6. The van der Waals surface area contributed by atoms with E-state index >= 15 is 0 Å². The molecule has 0 amide bonds. The Morgan fingerprint density at radius 3 is 2.20 bits per heavy atom. The number of fused-ring (bicyclic) bond motifs is 1. The summed E-state index contributed by atoms with van der Waals surface area (Å²) >= 11 is 0. The van der Waals surface area contributed by atoms with Gasteiger partial charge in [-0.15, -0.1) is 0 Å². The zero-order valence-electron chi connectivity index (χ0n) is 26.7. The zero-order chi connectivity index (χ0) is 35.5. The number of esters is 1. The van der Waals surface area contributed by atoms with Gasteiger partial charge in [-0.2, -0.15) is 0 Å². The van der Waals surface area contributed by atoms with Gasteiger partial charge < -0.3 is 79.5 Å². The first-order chi connectivity index (χ1) is 23.1. The lowest BCUT2D eigenvalue weighted by molar-refractivity contribution is -0.363.